The zero-order valence-electron chi connectivity index (χ0n) is 41.1. The maximum absolute atomic E-state index is 2.49. The third-order valence-electron chi connectivity index (χ3n) is 13.3. The Hall–Kier alpha value is -7.06. The smallest absolute Gasteiger partial charge is 0.232 e. The number of imidazole rings is 4. The molecule has 0 N–H and O–H groups in total. The molecular formula is C58H66N8+4. The molecule has 0 unspecified atom stereocenters. The van der Waals surface area contributed by atoms with Gasteiger partial charge in [0.25, 0.3) is 0 Å². The highest BCUT2D eigenvalue weighted by Gasteiger charge is 2.23. The largest absolute Gasteiger partial charge is 0.249 e. The molecule has 0 saturated carbocycles. The van der Waals surface area contributed by atoms with Crippen LogP contribution in [-0.2, 0) is 26.2 Å². The molecule has 0 bridgehead atoms. The van der Waals surface area contributed by atoms with E-state index in [-0.39, 0.29) is 0 Å². The highest BCUT2D eigenvalue weighted by Crippen LogP contribution is 2.25. The average Bonchev–Trinajstić information content (AvgIpc) is 4.05. The molecule has 0 aliphatic rings. The van der Waals surface area contributed by atoms with E-state index in [0.29, 0.717) is 0 Å². The van der Waals surface area contributed by atoms with Crippen LogP contribution in [-0.4, -0.2) is 18.3 Å². The Morgan fingerprint density at radius 3 is 0.636 bits per heavy atom. The molecule has 0 fully saturated rings. The first-order valence-corrected chi connectivity index (χ1v) is 23.3. The summed E-state index contributed by atoms with van der Waals surface area (Å²) in [5.41, 5.74) is 25.6. The van der Waals surface area contributed by atoms with Crippen molar-refractivity contribution in [2.75, 3.05) is 0 Å². The summed E-state index contributed by atoms with van der Waals surface area (Å²) < 4.78 is 18.5. The summed E-state index contributed by atoms with van der Waals surface area (Å²) >= 11 is 0. The molecule has 8 nitrogen and oxygen atoms in total. The maximum Gasteiger partial charge on any atom is 0.249 e. The number of nitrogens with zero attached hydrogens (tertiary/aromatic N) is 8. The second-order valence-corrected chi connectivity index (χ2v) is 19.4. The monoisotopic (exact) mass is 875 g/mol. The Morgan fingerprint density at radius 2 is 0.455 bits per heavy atom. The van der Waals surface area contributed by atoms with Crippen LogP contribution in [0.3, 0.4) is 0 Å². The fraction of sp³-hybridized carbons (Fsp3) is 0.276. The van der Waals surface area contributed by atoms with Crippen molar-refractivity contribution in [1.29, 1.82) is 0 Å². The van der Waals surface area contributed by atoms with Crippen LogP contribution in [0.2, 0.25) is 0 Å². The maximum atomic E-state index is 2.49. The SMILES string of the molecule is Cc1cc(C)c(-n2cc[n+](Cc3cc(C[n+]4ccn(-c5c(C)cc(C)cc5C)c4)c(C[n+]4ccn(-c5c(C)cc(C)cc5C)c4)cc3C[n+]3ccn(-c4c(C)cc(C)cc4C)c3)c2)c(C)c1. The average molecular weight is 875 g/mol. The van der Waals surface area contributed by atoms with E-state index in [9.17, 15) is 0 Å². The predicted molar refractivity (Wildman–Crippen MR) is 264 cm³/mol. The molecule has 0 amide bonds. The molecule has 0 saturated heterocycles. The lowest BCUT2D eigenvalue weighted by atomic mass is 9.97. The lowest BCUT2D eigenvalue weighted by molar-refractivity contribution is -0.694. The van der Waals surface area contributed by atoms with Gasteiger partial charge in [0, 0.05) is 22.3 Å². The van der Waals surface area contributed by atoms with Crippen molar-refractivity contribution in [3.63, 3.8) is 0 Å². The van der Waals surface area contributed by atoms with Gasteiger partial charge in [0.2, 0.25) is 25.3 Å². The molecule has 9 aromatic rings. The summed E-state index contributed by atoms with van der Waals surface area (Å²) in [4.78, 5) is 0. The summed E-state index contributed by atoms with van der Waals surface area (Å²) in [6.07, 6.45) is 26.7. The van der Waals surface area contributed by atoms with E-state index in [1.54, 1.807) is 0 Å². The topological polar surface area (TPSA) is 35.2 Å². The van der Waals surface area contributed by atoms with E-state index >= 15 is 0 Å². The minimum atomic E-state index is 0.736. The number of hydrogen-bond acceptors (Lipinski definition) is 0. The zero-order valence-corrected chi connectivity index (χ0v) is 41.1. The van der Waals surface area contributed by atoms with Crippen molar-refractivity contribution >= 4 is 0 Å². The van der Waals surface area contributed by atoms with Crippen molar-refractivity contribution in [1.82, 2.24) is 18.3 Å². The lowest BCUT2D eigenvalue weighted by Crippen LogP contribution is -2.38. The standard InChI is InChI=1S/C58H66N8/c1-39-21-43(5)55(44(6)22-39)63-17-13-59(35-63)31-51-29-53(33-61-15-19-65(37-61)57-47(9)25-41(3)26-48(57)10)54(34-62-16-20-66(38-62)58-49(11)27-42(4)28-50(58)12)30-52(51)32-60-14-18-64(36-60)56-45(7)23-40(2)24-46(56)8/h13-30,35-38H,31-34H2,1-12H3/q+4. The van der Waals surface area contributed by atoms with Crippen molar-refractivity contribution in [3.8, 4) is 22.7 Å². The normalized spacial score (nSPS) is 11.6. The Labute approximate surface area is 391 Å². The molecule has 0 aliphatic carbocycles. The van der Waals surface area contributed by atoms with Crippen molar-refractivity contribution in [2.24, 2.45) is 0 Å². The molecule has 0 radical (unpaired) electrons. The van der Waals surface area contributed by atoms with Gasteiger partial charge in [0.1, 0.15) is 98.5 Å². The van der Waals surface area contributed by atoms with Gasteiger partial charge < -0.3 is 0 Å². The van der Waals surface area contributed by atoms with Gasteiger partial charge >= 0.3 is 0 Å². The van der Waals surface area contributed by atoms with Gasteiger partial charge in [-0.25, -0.2) is 36.5 Å². The number of aromatic nitrogens is 8. The van der Waals surface area contributed by atoms with Gasteiger partial charge in [-0.05, 0) is 140 Å². The molecule has 0 spiro atoms. The molecule has 4 heterocycles. The van der Waals surface area contributed by atoms with Gasteiger partial charge in [-0.3, -0.25) is 0 Å². The summed E-state index contributed by atoms with van der Waals surface area (Å²) in [7, 11) is 0. The van der Waals surface area contributed by atoms with Crippen LogP contribution < -0.4 is 18.3 Å². The summed E-state index contributed by atoms with van der Waals surface area (Å²) in [5, 5.41) is 0. The second-order valence-electron chi connectivity index (χ2n) is 19.4. The van der Waals surface area contributed by atoms with Crippen LogP contribution >= 0.6 is 0 Å². The lowest BCUT2D eigenvalue weighted by Gasteiger charge is -2.14. The molecule has 9 rings (SSSR count). The third kappa shape index (κ3) is 8.97. The minimum absolute atomic E-state index is 0.736. The summed E-state index contributed by atoms with van der Waals surface area (Å²) in [6, 6.07) is 23.2. The highest BCUT2D eigenvalue weighted by molar-refractivity contribution is 5.52. The Bertz CT molecular complexity index is 2760. The summed E-state index contributed by atoms with van der Waals surface area (Å²) in [6.45, 7) is 29.4. The van der Waals surface area contributed by atoms with Crippen molar-refractivity contribution < 1.29 is 18.3 Å². The number of benzene rings is 5. The number of aryl methyl sites for hydroxylation is 12. The van der Waals surface area contributed by atoms with Crippen LogP contribution in [0.4, 0.5) is 0 Å². The number of hydrogen-bond donors (Lipinski definition) is 0. The molecule has 334 valence electrons. The van der Waals surface area contributed by atoms with Crippen LogP contribution in [0.5, 0.6) is 0 Å². The molecule has 4 aromatic heterocycles. The zero-order chi connectivity index (χ0) is 46.6. The van der Waals surface area contributed by atoms with E-state index in [4.69, 9.17) is 0 Å². The van der Waals surface area contributed by atoms with Crippen LogP contribution in [0.15, 0.2) is 136 Å². The first kappa shape index (κ1) is 44.2. The van der Waals surface area contributed by atoms with E-state index in [0.717, 1.165) is 26.2 Å². The quantitative estimate of drug-likeness (QED) is 0.110. The van der Waals surface area contributed by atoms with Crippen molar-refractivity contribution in [3.05, 3.63) is 225 Å². The van der Waals surface area contributed by atoms with Gasteiger partial charge in [-0.15, -0.1) is 0 Å². The van der Waals surface area contributed by atoms with Gasteiger partial charge in [0.05, 0.1) is 0 Å². The van der Waals surface area contributed by atoms with Crippen LogP contribution in [0, 0.1) is 83.1 Å². The van der Waals surface area contributed by atoms with Crippen LogP contribution in [0.25, 0.3) is 22.7 Å². The molecule has 8 heteroatoms. The van der Waals surface area contributed by atoms with E-state index in [1.165, 1.54) is 112 Å². The van der Waals surface area contributed by atoms with E-state index in [1.807, 2.05) is 0 Å². The number of rotatable bonds is 12. The highest BCUT2D eigenvalue weighted by atomic mass is 15.1. The first-order valence-electron chi connectivity index (χ1n) is 23.3. The Morgan fingerprint density at radius 1 is 0.273 bits per heavy atom. The molecule has 66 heavy (non-hydrogen) atoms. The third-order valence-corrected chi connectivity index (χ3v) is 13.3. The Balaban J connectivity index is 1.15. The van der Waals surface area contributed by atoms with Gasteiger partial charge in [-0.1, -0.05) is 70.8 Å². The molecule has 0 atom stereocenters. The van der Waals surface area contributed by atoms with Crippen molar-refractivity contribution in [2.45, 2.75) is 109 Å². The minimum Gasteiger partial charge on any atom is -0.232 e. The Kier molecular flexibility index (Phi) is 11.9. The van der Waals surface area contributed by atoms with E-state index in [2.05, 4.69) is 255 Å². The fourth-order valence-electron chi connectivity index (χ4n) is 11.0. The first-order chi connectivity index (χ1) is 31.6. The molecule has 5 aromatic carbocycles. The van der Waals surface area contributed by atoms with Gasteiger partial charge in [-0.2, -0.15) is 0 Å². The van der Waals surface area contributed by atoms with E-state index < -0.39 is 0 Å². The predicted octanol–water partition coefficient (Wildman–Crippen LogP) is 9.89. The fourth-order valence-corrected chi connectivity index (χ4v) is 11.0. The van der Waals surface area contributed by atoms with Crippen LogP contribution in [0.1, 0.15) is 89.0 Å². The molecule has 0 aliphatic heterocycles. The molecular weight excluding hydrogens is 809 g/mol. The van der Waals surface area contributed by atoms with Gasteiger partial charge in [0.15, 0.2) is 0 Å². The second kappa shape index (κ2) is 17.7. The summed E-state index contributed by atoms with van der Waals surface area (Å²) in [5.74, 6) is 0.